The van der Waals surface area contributed by atoms with Gasteiger partial charge in [0.1, 0.15) is 6.54 Å². The number of carbonyl (C=O) groups excluding carboxylic acids is 1. The molecule has 1 amide bonds. The number of hydrogen-bond acceptors (Lipinski definition) is 5. The molecule has 4 rings (SSSR count). The maximum atomic E-state index is 13.1. The summed E-state index contributed by atoms with van der Waals surface area (Å²) in [5, 5.41) is 11.8. The average molecular weight is 425 g/mol. The molecule has 0 bridgehead atoms. The third-order valence-electron chi connectivity index (χ3n) is 6.25. The maximum Gasteiger partial charge on any atom is 0.279 e. The zero-order valence-electron chi connectivity index (χ0n) is 18.2. The summed E-state index contributed by atoms with van der Waals surface area (Å²) in [4.78, 5) is 27.6. The summed E-state index contributed by atoms with van der Waals surface area (Å²) in [6.45, 7) is 10.7. The van der Waals surface area contributed by atoms with Crippen molar-refractivity contribution in [2.24, 2.45) is 11.3 Å². The zero-order chi connectivity index (χ0) is 21.6. The summed E-state index contributed by atoms with van der Waals surface area (Å²) in [5.74, 6) is 0.308. The lowest BCUT2D eigenvalue weighted by molar-refractivity contribution is -0.117. The van der Waals surface area contributed by atoms with Gasteiger partial charge in [0.15, 0.2) is 4.83 Å². The minimum atomic E-state index is -0.286. The van der Waals surface area contributed by atoms with Gasteiger partial charge in [-0.05, 0) is 73.3 Å². The van der Waals surface area contributed by atoms with Gasteiger partial charge >= 0.3 is 0 Å². The van der Waals surface area contributed by atoms with Crippen molar-refractivity contribution >= 4 is 33.1 Å². The second-order valence-corrected chi connectivity index (χ2v) is 10.5. The van der Waals surface area contributed by atoms with Gasteiger partial charge in [0, 0.05) is 10.6 Å². The summed E-state index contributed by atoms with van der Waals surface area (Å²) < 4.78 is 1.18. The van der Waals surface area contributed by atoms with Gasteiger partial charge in [0.2, 0.25) is 5.91 Å². The van der Waals surface area contributed by atoms with Gasteiger partial charge in [-0.25, -0.2) is 4.68 Å². The van der Waals surface area contributed by atoms with E-state index in [1.54, 1.807) is 11.3 Å². The second-order valence-electron chi connectivity index (χ2n) is 9.39. The number of fused-ring (bicyclic) bond motifs is 3. The minimum Gasteiger partial charge on any atom is -0.324 e. The number of anilines is 1. The van der Waals surface area contributed by atoms with Crippen molar-refractivity contribution in [3.8, 4) is 0 Å². The van der Waals surface area contributed by atoms with Crippen molar-refractivity contribution in [3.63, 3.8) is 0 Å². The molecular formula is C23H28N4O2S. The Morgan fingerprint density at radius 3 is 2.73 bits per heavy atom. The van der Waals surface area contributed by atoms with E-state index >= 15 is 0 Å². The summed E-state index contributed by atoms with van der Waals surface area (Å²) in [6, 6.07) is 5.75. The number of hydrogen-bond donors (Lipinski definition) is 1. The van der Waals surface area contributed by atoms with Crippen LogP contribution in [0.1, 0.15) is 48.8 Å². The topological polar surface area (TPSA) is 76.9 Å². The molecule has 1 aliphatic carbocycles. The third-order valence-corrected chi connectivity index (χ3v) is 7.39. The van der Waals surface area contributed by atoms with Crippen LogP contribution in [0.2, 0.25) is 0 Å². The van der Waals surface area contributed by atoms with Crippen molar-refractivity contribution in [3.05, 3.63) is 50.1 Å². The van der Waals surface area contributed by atoms with E-state index in [4.69, 9.17) is 0 Å². The Balaban J connectivity index is 1.59. The highest BCUT2D eigenvalue weighted by Crippen LogP contribution is 2.41. The van der Waals surface area contributed by atoms with Crippen LogP contribution in [0.3, 0.4) is 0 Å². The molecule has 1 N–H and O–H groups in total. The fourth-order valence-electron chi connectivity index (χ4n) is 4.13. The first-order chi connectivity index (χ1) is 14.1. The fourth-order valence-corrected chi connectivity index (χ4v) is 5.36. The number of nitrogens with one attached hydrogen (secondary N) is 1. The highest BCUT2D eigenvalue weighted by Gasteiger charge is 2.32. The molecule has 2 heterocycles. The summed E-state index contributed by atoms with van der Waals surface area (Å²) in [7, 11) is 0. The van der Waals surface area contributed by atoms with E-state index in [0.29, 0.717) is 21.8 Å². The van der Waals surface area contributed by atoms with Gasteiger partial charge in [-0.15, -0.1) is 16.4 Å². The number of aromatic nitrogens is 3. The van der Waals surface area contributed by atoms with Crippen LogP contribution in [0.4, 0.5) is 5.69 Å². The van der Waals surface area contributed by atoms with Crippen LogP contribution in [0.5, 0.6) is 0 Å². The Bertz CT molecular complexity index is 1190. The average Bonchev–Trinajstić information content (AvgIpc) is 3.05. The largest absolute Gasteiger partial charge is 0.324 e. The van der Waals surface area contributed by atoms with E-state index in [1.807, 2.05) is 32.0 Å². The van der Waals surface area contributed by atoms with Crippen molar-refractivity contribution in [1.29, 1.82) is 0 Å². The molecule has 3 aromatic rings. The number of aryl methyl sites for hydroxylation is 3. The molecule has 1 aromatic carbocycles. The summed E-state index contributed by atoms with van der Waals surface area (Å²) in [5.41, 5.74) is 4.11. The lowest BCUT2D eigenvalue weighted by Gasteiger charge is -2.33. The number of benzene rings is 1. The predicted molar refractivity (Wildman–Crippen MR) is 121 cm³/mol. The molecule has 0 saturated heterocycles. The highest BCUT2D eigenvalue weighted by atomic mass is 32.1. The molecule has 6 nitrogen and oxygen atoms in total. The molecule has 0 fully saturated rings. The van der Waals surface area contributed by atoms with Gasteiger partial charge in [0.25, 0.3) is 5.56 Å². The van der Waals surface area contributed by atoms with E-state index < -0.39 is 0 Å². The quantitative estimate of drug-likeness (QED) is 0.682. The molecule has 30 heavy (non-hydrogen) atoms. The van der Waals surface area contributed by atoms with Gasteiger partial charge < -0.3 is 5.32 Å². The van der Waals surface area contributed by atoms with Crippen molar-refractivity contribution in [2.75, 3.05) is 5.32 Å². The number of rotatable bonds is 3. The Hall–Kier alpha value is -2.54. The van der Waals surface area contributed by atoms with Gasteiger partial charge in [0.05, 0.1) is 5.39 Å². The first-order valence-electron chi connectivity index (χ1n) is 10.4. The number of amides is 1. The Morgan fingerprint density at radius 2 is 2.03 bits per heavy atom. The first kappa shape index (κ1) is 20.7. The normalized spacial score (nSPS) is 16.5. The van der Waals surface area contributed by atoms with Gasteiger partial charge in [-0.1, -0.05) is 32.1 Å². The van der Waals surface area contributed by atoms with Crippen LogP contribution in [0, 0.1) is 25.2 Å². The molecule has 7 heteroatoms. The first-order valence-corrected chi connectivity index (χ1v) is 11.2. The summed E-state index contributed by atoms with van der Waals surface area (Å²) in [6.07, 6.45) is 2.93. The maximum absolute atomic E-state index is 13.1. The van der Waals surface area contributed by atoms with Crippen LogP contribution in [0.15, 0.2) is 23.0 Å². The zero-order valence-corrected chi connectivity index (χ0v) is 19.0. The van der Waals surface area contributed by atoms with Gasteiger partial charge in [-0.2, -0.15) is 0 Å². The summed E-state index contributed by atoms with van der Waals surface area (Å²) >= 11 is 1.58. The smallest absolute Gasteiger partial charge is 0.279 e. The lowest BCUT2D eigenvalue weighted by Crippen LogP contribution is -2.31. The van der Waals surface area contributed by atoms with E-state index in [9.17, 15) is 9.59 Å². The fraction of sp³-hybridized carbons (Fsp3) is 0.478. The molecule has 1 aliphatic rings. The van der Waals surface area contributed by atoms with E-state index in [-0.39, 0.29) is 23.4 Å². The standard InChI is InChI=1S/C23H28N4O2S/c1-13-6-8-16(10-14(13)2)24-19(28)12-27-22(29)20-17-9-7-15(23(3,4)5)11-18(17)30-21(20)25-26-27/h6,8,10,15H,7,9,11-12H2,1-5H3,(H,24,28)/t15-/m1/s1. The minimum absolute atomic E-state index is 0.149. The van der Waals surface area contributed by atoms with E-state index in [0.717, 1.165) is 36.0 Å². The number of carbonyl (C=O) groups is 1. The molecule has 1 atom stereocenters. The number of nitrogens with zero attached hydrogens (tertiary/aromatic N) is 3. The van der Waals surface area contributed by atoms with Crippen LogP contribution < -0.4 is 10.9 Å². The van der Waals surface area contributed by atoms with Crippen LogP contribution in [-0.2, 0) is 24.2 Å². The molecule has 0 spiro atoms. The SMILES string of the molecule is Cc1ccc(NC(=O)Cn2nnc3sc4c(c3c2=O)CC[C@@H](C(C)(C)C)C4)cc1C. The molecule has 0 radical (unpaired) electrons. The van der Waals surface area contributed by atoms with E-state index in [1.165, 1.54) is 9.56 Å². The Morgan fingerprint density at radius 1 is 1.27 bits per heavy atom. The highest BCUT2D eigenvalue weighted by molar-refractivity contribution is 7.18. The third kappa shape index (κ3) is 3.90. The Kier molecular flexibility index (Phi) is 5.26. The van der Waals surface area contributed by atoms with Crippen molar-refractivity contribution < 1.29 is 4.79 Å². The molecule has 0 saturated carbocycles. The second kappa shape index (κ2) is 7.61. The molecule has 158 valence electrons. The van der Waals surface area contributed by atoms with Crippen LogP contribution in [-0.4, -0.2) is 20.9 Å². The van der Waals surface area contributed by atoms with E-state index in [2.05, 4.69) is 36.4 Å². The Labute approximate surface area is 180 Å². The predicted octanol–water partition coefficient (Wildman–Crippen LogP) is 4.26. The van der Waals surface area contributed by atoms with Crippen molar-refractivity contribution in [1.82, 2.24) is 15.0 Å². The molecule has 0 unspecified atom stereocenters. The van der Waals surface area contributed by atoms with Crippen molar-refractivity contribution in [2.45, 2.75) is 60.4 Å². The van der Waals surface area contributed by atoms with Gasteiger partial charge in [-0.3, -0.25) is 9.59 Å². The molecule has 2 aromatic heterocycles. The monoisotopic (exact) mass is 424 g/mol. The molecular weight excluding hydrogens is 396 g/mol. The molecule has 0 aliphatic heterocycles. The van der Waals surface area contributed by atoms with Crippen LogP contribution in [0.25, 0.3) is 10.2 Å². The van der Waals surface area contributed by atoms with Crippen LogP contribution >= 0.6 is 11.3 Å². The lowest BCUT2D eigenvalue weighted by atomic mass is 9.72. The number of thiophene rings is 1.